The molecule has 2 atom stereocenters. The van der Waals surface area contributed by atoms with E-state index in [-0.39, 0.29) is 11.7 Å². The third-order valence-corrected chi connectivity index (χ3v) is 2.75. The van der Waals surface area contributed by atoms with Crippen LogP contribution < -0.4 is 0 Å². The molecule has 1 N–H and O–H groups in total. The molecule has 3 heteroatoms. The van der Waals surface area contributed by atoms with Crippen molar-refractivity contribution in [3.05, 3.63) is 0 Å². The highest BCUT2D eigenvalue weighted by Crippen LogP contribution is 2.23. The molecule has 1 rings (SSSR count). The van der Waals surface area contributed by atoms with Crippen LogP contribution in [0.2, 0.25) is 0 Å². The highest BCUT2D eigenvalue weighted by Gasteiger charge is 2.30. The summed E-state index contributed by atoms with van der Waals surface area (Å²) in [7, 11) is 1.77. The lowest BCUT2D eigenvalue weighted by atomic mass is 9.94. The van der Waals surface area contributed by atoms with Gasteiger partial charge in [0.15, 0.2) is 0 Å². The molecule has 0 aromatic carbocycles. The average Bonchev–Trinajstić information content (AvgIpc) is 2.03. The number of rotatable bonds is 3. The molecule has 1 aliphatic heterocycles. The Morgan fingerprint density at radius 1 is 1.62 bits per heavy atom. The summed E-state index contributed by atoms with van der Waals surface area (Å²) >= 11 is 0. The number of β-amino-alcohol motifs (C(OH)–C–C–N with tert-alkyl or cyclic N) is 1. The summed E-state index contributed by atoms with van der Waals surface area (Å²) < 4.78 is 5.47. The van der Waals surface area contributed by atoms with Gasteiger partial charge < -0.3 is 9.84 Å². The topological polar surface area (TPSA) is 32.7 Å². The first-order chi connectivity index (χ1) is 6.06. The van der Waals surface area contributed by atoms with Crippen molar-refractivity contribution in [1.82, 2.24) is 4.90 Å². The van der Waals surface area contributed by atoms with Gasteiger partial charge >= 0.3 is 0 Å². The molecule has 13 heavy (non-hydrogen) atoms. The van der Waals surface area contributed by atoms with E-state index in [1.165, 1.54) is 0 Å². The molecule has 3 nitrogen and oxygen atoms in total. The van der Waals surface area contributed by atoms with Crippen molar-refractivity contribution in [3.8, 4) is 0 Å². The Bertz CT molecular complexity index is 161. The van der Waals surface area contributed by atoms with Crippen LogP contribution in [0.25, 0.3) is 0 Å². The average molecular weight is 187 g/mol. The van der Waals surface area contributed by atoms with E-state index in [0.717, 1.165) is 32.5 Å². The predicted molar refractivity (Wildman–Crippen MR) is 52.8 cm³/mol. The van der Waals surface area contributed by atoms with E-state index in [1.807, 2.05) is 6.92 Å². The number of methoxy groups -OCH3 is 1. The molecular weight excluding hydrogens is 166 g/mol. The standard InChI is InChI=1S/C10H21NO2/c1-9(12)7-11-6-4-5-10(2,8-11)13-3/h9,12H,4-8H2,1-3H3. The largest absolute Gasteiger partial charge is 0.392 e. The van der Waals surface area contributed by atoms with E-state index in [4.69, 9.17) is 4.74 Å². The van der Waals surface area contributed by atoms with Gasteiger partial charge in [-0.1, -0.05) is 0 Å². The van der Waals surface area contributed by atoms with E-state index in [0.29, 0.717) is 0 Å². The molecule has 78 valence electrons. The number of hydrogen-bond acceptors (Lipinski definition) is 3. The van der Waals surface area contributed by atoms with E-state index in [2.05, 4.69) is 11.8 Å². The molecule has 0 spiro atoms. The Morgan fingerprint density at radius 3 is 2.85 bits per heavy atom. The summed E-state index contributed by atoms with van der Waals surface area (Å²) in [5.41, 5.74) is -0.00681. The lowest BCUT2D eigenvalue weighted by Crippen LogP contribution is -2.49. The first kappa shape index (κ1) is 11.0. The van der Waals surface area contributed by atoms with E-state index in [9.17, 15) is 5.11 Å². The minimum absolute atomic E-state index is 0.00681. The quantitative estimate of drug-likeness (QED) is 0.711. The lowest BCUT2D eigenvalue weighted by Gasteiger charge is -2.39. The molecular formula is C10H21NO2. The van der Waals surface area contributed by atoms with Crippen molar-refractivity contribution in [2.24, 2.45) is 0 Å². The Hall–Kier alpha value is -0.120. The molecule has 0 aromatic rings. The number of ether oxygens (including phenoxy) is 1. The molecule has 0 aromatic heterocycles. The Morgan fingerprint density at radius 2 is 2.31 bits per heavy atom. The molecule has 1 saturated heterocycles. The van der Waals surface area contributed by atoms with Gasteiger partial charge in [-0.15, -0.1) is 0 Å². The highest BCUT2D eigenvalue weighted by atomic mass is 16.5. The molecule has 0 bridgehead atoms. The Labute approximate surface area is 80.7 Å². The highest BCUT2D eigenvalue weighted by molar-refractivity contribution is 4.84. The van der Waals surface area contributed by atoms with Crippen LogP contribution in [0.1, 0.15) is 26.7 Å². The van der Waals surface area contributed by atoms with Crippen LogP contribution in [-0.2, 0) is 4.74 Å². The van der Waals surface area contributed by atoms with Gasteiger partial charge in [0.2, 0.25) is 0 Å². The zero-order valence-corrected chi connectivity index (χ0v) is 8.92. The van der Waals surface area contributed by atoms with Crippen molar-refractivity contribution >= 4 is 0 Å². The van der Waals surface area contributed by atoms with E-state index in [1.54, 1.807) is 7.11 Å². The van der Waals surface area contributed by atoms with Gasteiger partial charge in [0.1, 0.15) is 0 Å². The molecule has 2 unspecified atom stereocenters. The van der Waals surface area contributed by atoms with Crippen LogP contribution in [0.5, 0.6) is 0 Å². The minimum Gasteiger partial charge on any atom is -0.392 e. The Kier molecular flexibility index (Phi) is 3.71. The maximum absolute atomic E-state index is 9.27. The summed E-state index contributed by atoms with van der Waals surface area (Å²) in [6, 6.07) is 0. The number of likely N-dealkylation sites (tertiary alicyclic amines) is 1. The minimum atomic E-state index is -0.237. The molecule has 0 saturated carbocycles. The van der Waals surface area contributed by atoms with Crippen LogP contribution in [0.15, 0.2) is 0 Å². The number of aliphatic hydroxyl groups excluding tert-OH is 1. The SMILES string of the molecule is COC1(C)CCCN(CC(C)O)C1. The third-order valence-electron chi connectivity index (χ3n) is 2.75. The van der Waals surface area contributed by atoms with Crippen molar-refractivity contribution in [2.75, 3.05) is 26.7 Å². The van der Waals surface area contributed by atoms with Crippen LogP contribution in [-0.4, -0.2) is 48.5 Å². The van der Waals surface area contributed by atoms with Gasteiger partial charge in [-0.05, 0) is 33.2 Å². The van der Waals surface area contributed by atoms with Gasteiger partial charge in [-0.25, -0.2) is 0 Å². The van der Waals surface area contributed by atoms with Crippen molar-refractivity contribution in [3.63, 3.8) is 0 Å². The summed E-state index contributed by atoms with van der Waals surface area (Å²) in [6.07, 6.45) is 2.05. The summed E-state index contributed by atoms with van der Waals surface area (Å²) in [4.78, 5) is 2.28. The fourth-order valence-electron chi connectivity index (χ4n) is 2.00. The molecule has 0 amide bonds. The second-order valence-electron chi connectivity index (χ2n) is 4.34. The number of aliphatic hydroxyl groups is 1. The van der Waals surface area contributed by atoms with Gasteiger partial charge in [-0.2, -0.15) is 0 Å². The smallest absolute Gasteiger partial charge is 0.0777 e. The van der Waals surface area contributed by atoms with Gasteiger partial charge in [0, 0.05) is 20.2 Å². The first-order valence-corrected chi connectivity index (χ1v) is 5.01. The fraction of sp³-hybridized carbons (Fsp3) is 1.00. The summed E-state index contributed by atoms with van der Waals surface area (Å²) in [5, 5.41) is 9.27. The molecule has 1 fully saturated rings. The van der Waals surface area contributed by atoms with Crippen LogP contribution in [0.3, 0.4) is 0 Å². The van der Waals surface area contributed by atoms with Crippen molar-refractivity contribution < 1.29 is 9.84 Å². The molecule has 1 heterocycles. The van der Waals surface area contributed by atoms with Crippen molar-refractivity contribution in [1.29, 1.82) is 0 Å². The van der Waals surface area contributed by atoms with Crippen LogP contribution >= 0.6 is 0 Å². The first-order valence-electron chi connectivity index (χ1n) is 5.01. The normalized spacial score (nSPS) is 33.2. The number of piperidine rings is 1. The maximum Gasteiger partial charge on any atom is 0.0777 e. The second kappa shape index (κ2) is 4.40. The number of nitrogens with zero attached hydrogens (tertiary/aromatic N) is 1. The molecule has 1 aliphatic rings. The Balaban J connectivity index is 2.42. The van der Waals surface area contributed by atoms with Crippen molar-refractivity contribution in [2.45, 2.75) is 38.4 Å². The zero-order valence-electron chi connectivity index (χ0n) is 8.92. The zero-order chi connectivity index (χ0) is 9.90. The fourth-order valence-corrected chi connectivity index (χ4v) is 2.00. The summed E-state index contributed by atoms with van der Waals surface area (Å²) in [5.74, 6) is 0. The lowest BCUT2D eigenvalue weighted by molar-refractivity contribution is -0.0573. The van der Waals surface area contributed by atoms with E-state index >= 15 is 0 Å². The van der Waals surface area contributed by atoms with Gasteiger partial charge in [0.05, 0.1) is 11.7 Å². The maximum atomic E-state index is 9.27. The second-order valence-corrected chi connectivity index (χ2v) is 4.34. The van der Waals surface area contributed by atoms with Gasteiger partial charge in [0.25, 0.3) is 0 Å². The number of hydrogen-bond donors (Lipinski definition) is 1. The van der Waals surface area contributed by atoms with Crippen LogP contribution in [0, 0.1) is 0 Å². The monoisotopic (exact) mass is 187 g/mol. The molecule has 0 radical (unpaired) electrons. The van der Waals surface area contributed by atoms with Crippen LogP contribution in [0.4, 0.5) is 0 Å². The third kappa shape index (κ3) is 3.25. The predicted octanol–water partition coefficient (Wildman–Crippen LogP) is 0.868. The van der Waals surface area contributed by atoms with E-state index < -0.39 is 0 Å². The van der Waals surface area contributed by atoms with Gasteiger partial charge in [-0.3, -0.25) is 4.90 Å². The summed E-state index contributed by atoms with van der Waals surface area (Å²) in [6.45, 7) is 6.76. The molecule has 0 aliphatic carbocycles.